The first-order valence-corrected chi connectivity index (χ1v) is 7.11. The van der Waals surface area contributed by atoms with E-state index in [1.807, 2.05) is 6.07 Å². The zero-order valence-electron chi connectivity index (χ0n) is 12.5. The Morgan fingerprint density at radius 3 is 2.70 bits per heavy atom. The molecule has 0 saturated carbocycles. The first-order valence-electron chi connectivity index (χ1n) is 7.11. The zero-order valence-corrected chi connectivity index (χ0v) is 12.5. The maximum atomic E-state index is 10.9. The van der Waals surface area contributed by atoms with E-state index in [2.05, 4.69) is 19.2 Å². The molecule has 1 rings (SSSR count). The molecule has 0 saturated heterocycles. The minimum absolute atomic E-state index is 0.125. The SMILES string of the molecule is CCCC(NC(CC)COC)c1cccc([N+](=O)[O-])c1. The molecule has 20 heavy (non-hydrogen) atoms. The maximum absolute atomic E-state index is 10.9. The summed E-state index contributed by atoms with van der Waals surface area (Å²) in [5.41, 5.74) is 1.11. The van der Waals surface area contributed by atoms with Crippen molar-refractivity contribution in [1.82, 2.24) is 5.32 Å². The second-order valence-electron chi connectivity index (χ2n) is 4.92. The molecule has 1 aromatic rings. The molecule has 0 aliphatic carbocycles. The molecular weight excluding hydrogens is 256 g/mol. The zero-order chi connectivity index (χ0) is 15.0. The molecule has 2 atom stereocenters. The van der Waals surface area contributed by atoms with Gasteiger partial charge in [0.25, 0.3) is 5.69 Å². The molecule has 0 aliphatic rings. The molecule has 2 unspecified atom stereocenters. The van der Waals surface area contributed by atoms with Gasteiger partial charge in [-0.3, -0.25) is 10.1 Å². The topological polar surface area (TPSA) is 64.4 Å². The van der Waals surface area contributed by atoms with Gasteiger partial charge in [-0.25, -0.2) is 0 Å². The fourth-order valence-corrected chi connectivity index (χ4v) is 2.26. The monoisotopic (exact) mass is 280 g/mol. The van der Waals surface area contributed by atoms with Crippen molar-refractivity contribution in [1.29, 1.82) is 0 Å². The van der Waals surface area contributed by atoms with E-state index in [0.717, 1.165) is 24.8 Å². The van der Waals surface area contributed by atoms with Crippen LogP contribution in [0.1, 0.15) is 44.7 Å². The highest BCUT2D eigenvalue weighted by Gasteiger charge is 2.17. The molecule has 0 fully saturated rings. The predicted molar refractivity (Wildman–Crippen MR) is 79.8 cm³/mol. The first kappa shape index (κ1) is 16.6. The van der Waals surface area contributed by atoms with Crippen LogP contribution in [0.3, 0.4) is 0 Å². The maximum Gasteiger partial charge on any atom is 0.269 e. The number of nitro groups is 1. The molecule has 0 amide bonds. The number of hydrogen-bond acceptors (Lipinski definition) is 4. The van der Waals surface area contributed by atoms with Crippen LogP contribution in [0.5, 0.6) is 0 Å². The van der Waals surface area contributed by atoms with Crippen molar-refractivity contribution in [2.45, 2.75) is 45.2 Å². The van der Waals surface area contributed by atoms with Gasteiger partial charge in [-0.1, -0.05) is 32.4 Å². The van der Waals surface area contributed by atoms with Crippen LogP contribution in [0.2, 0.25) is 0 Å². The number of benzene rings is 1. The summed E-state index contributed by atoms with van der Waals surface area (Å²) in [7, 11) is 1.69. The Balaban J connectivity index is 2.89. The van der Waals surface area contributed by atoms with Gasteiger partial charge in [0, 0.05) is 31.3 Å². The summed E-state index contributed by atoms with van der Waals surface area (Å²) in [5, 5.41) is 14.4. The summed E-state index contributed by atoms with van der Waals surface area (Å²) in [6.45, 7) is 4.86. The molecule has 0 bridgehead atoms. The Kier molecular flexibility index (Phi) is 7.18. The van der Waals surface area contributed by atoms with Crippen molar-refractivity contribution in [3.05, 3.63) is 39.9 Å². The third-order valence-electron chi connectivity index (χ3n) is 3.36. The van der Waals surface area contributed by atoms with Crippen LogP contribution in [0, 0.1) is 10.1 Å². The fraction of sp³-hybridized carbons (Fsp3) is 0.600. The van der Waals surface area contributed by atoms with Gasteiger partial charge in [-0.05, 0) is 18.4 Å². The standard InChI is InChI=1S/C15H24N2O3/c1-4-7-15(16-13(5-2)11-20-3)12-8-6-9-14(10-12)17(18)19/h6,8-10,13,15-16H,4-5,7,11H2,1-3H3. The smallest absolute Gasteiger partial charge is 0.269 e. The van der Waals surface area contributed by atoms with Gasteiger partial charge in [0.15, 0.2) is 0 Å². The lowest BCUT2D eigenvalue weighted by Crippen LogP contribution is -2.35. The normalized spacial score (nSPS) is 13.9. The van der Waals surface area contributed by atoms with E-state index in [9.17, 15) is 10.1 Å². The lowest BCUT2D eigenvalue weighted by molar-refractivity contribution is -0.384. The van der Waals surface area contributed by atoms with Gasteiger partial charge in [0.2, 0.25) is 0 Å². The number of nitrogens with one attached hydrogen (secondary N) is 1. The Hall–Kier alpha value is -1.46. The van der Waals surface area contributed by atoms with Crippen molar-refractivity contribution in [3.8, 4) is 0 Å². The van der Waals surface area contributed by atoms with Crippen molar-refractivity contribution < 1.29 is 9.66 Å². The Morgan fingerprint density at radius 2 is 2.15 bits per heavy atom. The van der Waals surface area contributed by atoms with Gasteiger partial charge in [-0.15, -0.1) is 0 Å². The molecule has 0 radical (unpaired) electrons. The average Bonchev–Trinajstić information content (AvgIpc) is 2.46. The lowest BCUT2D eigenvalue weighted by atomic mass is 10.0. The lowest BCUT2D eigenvalue weighted by Gasteiger charge is -2.24. The summed E-state index contributed by atoms with van der Waals surface area (Å²) in [6, 6.07) is 7.26. The highest BCUT2D eigenvalue weighted by Crippen LogP contribution is 2.23. The van der Waals surface area contributed by atoms with E-state index in [1.165, 1.54) is 6.07 Å². The van der Waals surface area contributed by atoms with Crippen LogP contribution < -0.4 is 5.32 Å². The Bertz CT molecular complexity index is 423. The largest absolute Gasteiger partial charge is 0.383 e. The van der Waals surface area contributed by atoms with Crippen molar-refractivity contribution >= 4 is 5.69 Å². The van der Waals surface area contributed by atoms with Gasteiger partial charge in [0.05, 0.1) is 11.5 Å². The van der Waals surface area contributed by atoms with Gasteiger partial charge < -0.3 is 10.1 Å². The number of non-ortho nitro benzene ring substituents is 1. The summed E-state index contributed by atoms with van der Waals surface area (Å²) in [4.78, 5) is 10.5. The highest BCUT2D eigenvalue weighted by molar-refractivity contribution is 5.35. The predicted octanol–water partition coefficient (Wildman–Crippen LogP) is 3.45. The van der Waals surface area contributed by atoms with Crippen LogP contribution in [0.4, 0.5) is 5.69 Å². The molecule has 5 nitrogen and oxygen atoms in total. The van der Waals surface area contributed by atoms with E-state index in [1.54, 1.807) is 19.2 Å². The minimum atomic E-state index is -0.348. The molecule has 0 aliphatic heterocycles. The Morgan fingerprint density at radius 1 is 1.40 bits per heavy atom. The van der Waals surface area contributed by atoms with E-state index < -0.39 is 0 Å². The second-order valence-corrected chi connectivity index (χ2v) is 4.92. The number of ether oxygens (including phenoxy) is 1. The molecule has 5 heteroatoms. The summed E-state index contributed by atoms with van der Waals surface area (Å²) in [5.74, 6) is 0. The van der Waals surface area contributed by atoms with Crippen LogP contribution in [-0.4, -0.2) is 24.7 Å². The molecule has 1 N–H and O–H groups in total. The molecule has 0 aromatic heterocycles. The van der Waals surface area contributed by atoms with Crippen LogP contribution in [0.15, 0.2) is 24.3 Å². The van der Waals surface area contributed by atoms with Crippen molar-refractivity contribution in [3.63, 3.8) is 0 Å². The van der Waals surface area contributed by atoms with E-state index in [-0.39, 0.29) is 22.7 Å². The third kappa shape index (κ3) is 4.90. The quantitative estimate of drug-likeness (QED) is 0.556. The van der Waals surface area contributed by atoms with E-state index >= 15 is 0 Å². The number of nitro benzene ring substituents is 1. The number of hydrogen-bond donors (Lipinski definition) is 1. The minimum Gasteiger partial charge on any atom is -0.383 e. The second kappa shape index (κ2) is 8.66. The summed E-state index contributed by atoms with van der Waals surface area (Å²) in [6.07, 6.45) is 2.92. The number of rotatable bonds is 9. The van der Waals surface area contributed by atoms with Gasteiger partial charge in [-0.2, -0.15) is 0 Å². The van der Waals surface area contributed by atoms with E-state index in [0.29, 0.717) is 6.61 Å². The average molecular weight is 280 g/mol. The number of methoxy groups -OCH3 is 1. The molecule has 0 heterocycles. The van der Waals surface area contributed by atoms with Gasteiger partial charge >= 0.3 is 0 Å². The van der Waals surface area contributed by atoms with E-state index in [4.69, 9.17) is 4.74 Å². The van der Waals surface area contributed by atoms with Crippen molar-refractivity contribution in [2.75, 3.05) is 13.7 Å². The van der Waals surface area contributed by atoms with Gasteiger partial charge in [0.1, 0.15) is 0 Å². The molecule has 1 aromatic carbocycles. The third-order valence-corrected chi connectivity index (χ3v) is 3.36. The van der Waals surface area contributed by atoms with Crippen LogP contribution in [0.25, 0.3) is 0 Å². The van der Waals surface area contributed by atoms with Crippen LogP contribution >= 0.6 is 0 Å². The highest BCUT2D eigenvalue weighted by atomic mass is 16.6. The molecule has 0 spiro atoms. The summed E-state index contributed by atoms with van der Waals surface area (Å²) >= 11 is 0. The fourth-order valence-electron chi connectivity index (χ4n) is 2.26. The molecular formula is C15H24N2O3. The first-order chi connectivity index (χ1) is 9.62. The number of nitrogens with zero attached hydrogens (tertiary/aromatic N) is 1. The Labute approximate surface area is 120 Å². The molecule has 112 valence electrons. The van der Waals surface area contributed by atoms with Crippen molar-refractivity contribution in [2.24, 2.45) is 0 Å². The summed E-state index contributed by atoms with van der Waals surface area (Å²) < 4.78 is 5.20. The van der Waals surface area contributed by atoms with Crippen LogP contribution in [-0.2, 0) is 4.74 Å².